The Morgan fingerprint density at radius 1 is 0.615 bits per heavy atom. The molecule has 8 rings (SSSR count). The van der Waals surface area contributed by atoms with Crippen molar-refractivity contribution in [1.29, 1.82) is 0 Å². The summed E-state index contributed by atoms with van der Waals surface area (Å²) in [7, 11) is 0. The zero-order valence-electron chi connectivity index (χ0n) is 22.8. The van der Waals surface area contributed by atoms with Crippen LogP contribution in [0.5, 0.6) is 0 Å². The maximum Gasteiger partial charge on any atom is 0.224 e. The first-order valence-electron chi connectivity index (χ1n) is 14.5. The van der Waals surface area contributed by atoms with Gasteiger partial charge in [-0.2, -0.15) is 0 Å². The monoisotopic (exact) mass is 511 g/mol. The Morgan fingerprint density at radius 3 is 1.56 bits per heavy atom. The molecule has 2 nitrogen and oxygen atoms in total. The highest BCUT2D eigenvalue weighted by molar-refractivity contribution is 5.93. The van der Waals surface area contributed by atoms with Gasteiger partial charge in [0.15, 0.2) is 0 Å². The summed E-state index contributed by atoms with van der Waals surface area (Å²) in [4.78, 5) is 16.0. The SMILES string of the molecule is CC(=O)N(c1ccccc1)C12CC(c3ccccc3)C3CC(c4ccccc4)(CC(c4ccccc4)(C3)C1)C2. The van der Waals surface area contributed by atoms with Crippen LogP contribution in [0, 0.1) is 5.92 Å². The molecular weight excluding hydrogens is 474 g/mol. The predicted octanol–water partition coefficient (Wildman–Crippen LogP) is 8.44. The van der Waals surface area contributed by atoms with Gasteiger partial charge in [-0.05, 0) is 90.0 Å². The van der Waals surface area contributed by atoms with Gasteiger partial charge in [0, 0.05) is 12.6 Å². The molecule has 0 aliphatic heterocycles. The Balaban J connectivity index is 1.51. The molecule has 0 N–H and O–H groups in total. The van der Waals surface area contributed by atoms with Crippen LogP contribution in [-0.4, -0.2) is 11.4 Å². The lowest BCUT2D eigenvalue weighted by Crippen LogP contribution is -2.63. The second kappa shape index (κ2) is 9.23. The quantitative estimate of drug-likeness (QED) is 0.263. The Bertz CT molecular complexity index is 1390. The smallest absolute Gasteiger partial charge is 0.224 e. The van der Waals surface area contributed by atoms with Crippen molar-refractivity contribution in [3.8, 4) is 0 Å². The summed E-state index contributed by atoms with van der Waals surface area (Å²) in [6.45, 7) is 1.78. The zero-order chi connectivity index (χ0) is 26.5. The molecule has 3 unspecified atom stereocenters. The summed E-state index contributed by atoms with van der Waals surface area (Å²) < 4.78 is 0. The van der Waals surface area contributed by atoms with Gasteiger partial charge in [-0.15, -0.1) is 0 Å². The molecule has 3 atom stereocenters. The normalized spacial score (nSPS) is 31.0. The van der Waals surface area contributed by atoms with Crippen molar-refractivity contribution in [3.05, 3.63) is 138 Å². The van der Waals surface area contributed by atoms with Crippen molar-refractivity contribution in [2.45, 2.75) is 67.7 Å². The molecule has 0 radical (unpaired) electrons. The summed E-state index contributed by atoms with van der Waals surface area (Å²) in [5.41, 5.74) is 5.10. The van der Waals surface area contributed by atoms with Gasteiger partial charge in [0.1, 0.15) is 0 Å². The number of nitrogens with zero attached hydrogens (tertiary/aromatic N) is 1. The van der Waals surface area contributed by atoms with Crippen LogP contribution in [0.1, 0.15) is 68.1 Å². The summed E-state index contributed by atoms with van der Waals surface area (Å²) >= 11 is 0. The molecule has 0 spiro atoms. The van der Waals surface area contributed by atoms with Crippen LogP contribution in [-0.2, 0) is 15.6 Å². The van der Waals surface area contributed by atoms with Gasteiger partial charge in [0.25, 0.3) is 0 Å². The van der Waals surface area contributed by atoms with Crippen LogP contribution in [0.3, 0.4) is 0 Å². The largest absolute Gasteiger partial charge is 0.306 e. The zero-order valence-corrected chi connectivity index (χ0v) is 22.8. The van der Waals surface area contributed by atoms with E-state index in [1.165, 1.54) is 29.5 Å². The minimum Gasteiger partial charge on any atom is -0.306 e. The Hall–Kier alpha value is -3.65. The summed E-state index contributed by atoms with van der Waals surface area (Å²) in [5.74, 6) is 1.11. The van der Waals surface area contributed by atoms with Crippen molar-refractivity contribution in [1.82, 2.24) is 0 Å². The van der Waals surface area contributed by atoms with Crippen molar-refractivity contribution in [2.75, 3.05) is 4.90 Å². The van der Waals surface area contributed by atoms with Crippen LogP contribution in [0.15, 0.2) is 121 Å². The molecule has 4 saturated carbocycles. The minimum atomic E-state index is -0.289. The van der Waals surface area contributed by atoms with E-state index in [2.05, 4.69) is 126 Å². The van der Waals surface area contributed by atoms with Gasteiger partial charge in [0.05, 0.1) is 5.54 Å². The number of benzene rings is 4. The second-order valence-electron chi connectivity index (χ2n) is 12.6. The number of anilines is 1. The molecule has 4 aliphatic rings. The van der Waals surface area contributed by atoms with Gasteiger partial charge in [0.2, 0.25) is 5.91 Å². The molecule has 196 valence electrons. The fraction of sp³-hybridized carbons (Fsp3) is 0.324. The van der Waals surface area contributed by atoms with E-state index in [-0.39, 0.29) is 22.3 Å². The molecule has 39 heavy (non-hydrogen) atoms. The summed E-state index contributed by atoms with van der Waals surface area (Å²) in [6, 6.07) is 44.2. The van der Waals surface area contributed by atoms with Gasteiger partial charge >= 0.3 is 0 Å². The Labute approximate surface area is 232 Å². The van der Waals surface area contributed by atoms with Gasteiger partial charge < -0.3 is 4.90 Å². The van der Waals surface area contributed by atoms with Crippen LogP contribution in [0.2, 0.25) is 0 Å². The van der Waals surface area contributed by atoms with Gasteiger partial charge in [-0.3, -0.25) is 4.79 Å². The number of fused-ring (bicyclic) bond motifs is 1. The number of hydrogen-bond acceptors (Lipinski definition) is 1. The van der Waals surface area contributed by atoms with Crippen molar-refractivity contribution < 1.29 is 4.79 Å². The van der Waals surface area contributed by atoms with E-state index in [9.17, 15) is 4.79 Å². The van der Waals surface area contributed by atoms with Crippen LogP contribution in [0.25, 0.3) is 0 Å². The van der Waals surface area contributed by atoms with Crippen LogP contribution >= 0.6 is 0 Å². The highest BCUT2D eigenvalue weighted by Gasteiger charge is 2.65. The number of para-hydroxylation sites is 1. The fourth-order valence-electron chi connectivity index (χ4n) is 9.40. The third-order valence-corrected chi connectivity index (χ3v) is 10.3. The molecule has 4 aliphatic carbocycles. The van der Waals surface area contributed by atoms with E-state index in [1.54, 1.807) is 6.92 Å². The van der Waals surface area contributed by atoms with E-state index >= 15 is 0 Å². The predicted molar refractivity (Wildman–Crippen MR) is 159 cm³/mol. The first kappa shape index (κ1) is 24.4. The number of carbonyl (C=O) groups is 1. The van der Waals surface area contributed by atoms with Crippen molar-refractivity contribution >= 4 is 11.6 Å². The van der Waals surface area contributed by atoms with E-state index in [0.29, 0.717) is 11.8 Å². The minimum absolute atomic E-state index is 0.0181. The average molecular weight is 512 g/mol. The number of carbonyl (C=O) groups excluding carboxylic acids is 1. The summed E-state index contributed by atoms with van der Waals surface area (Å²) in [5, 5.41) is 0. The highest BCUT2D eigenvalue weighted by Crippen LogP contribution is 2.69. The first-order valence-corrected chi connectivity index (χ1v) is 14.5. The van der Waals surface area contributed by atoms with E-state index in [0.717, 1.165) is 31.4 Å². The van der Waals surface area contributed by atoms with Crippen molar-refractivity contribution in [2.24, 2.45) is 5.92 Å². The molecule has 0 saturated heterocycles. The maximum atomic E-state index is 13.8. The molecule has 4 bridgehead atoms. The molecule has 1 amide bonds. The second-order valence-corrected chi connectivity index (χ2v) is 12.6. The lowest BCUT2D eigenvalue weighted by atomic mass is 9.46. The molecular formula is C37H37NO. The van der Waals surface area contributed by atoms with E-state index < -0.39 is 0 Å². The van der Waals surface area contributed by atoms with E-state index in [1.807, 2.05) is 0 Å². The van der Waals surface area contributed by atoms with Crippen LogP contribution in [0.4, 0.5) is 5.69 Å². The maximum absolute atomic E-state index is 13.8. The topological polar surface area (TPSA) is 20.3 Å². The average Bonchev–Trinajstić information content (AvgIpc) is 3.14. The molecule has 4 aromatic rings. The first-order chi connectivity index (χ1) is 19.0. The number of rotatable bonds is 5. The molecule has 0 heterocycles. The third kappa shape index (κ3) is 3.95. The highest BCUT2D eigenvalue weighted by atomic mass is 16.2. The number of hydrogen-bond donors (Lipinski definition) is 0. The van der Waals surface area contributed by atoms with Crippen molar-refractivity contribution in [3.63, 3.8) is 0 Å². The molecule has 0 aromatic heterocycles. The van der Waals surface area contributed by atoms with Gasteiger partial charge in [-0.1, -0.05) is 109 Å². The lowest BCUT2D eigenvalue weighted by molar-refractivity contribution is -0.118. The van der Waals surface area contributed by atoms with Gasteiger partial charge in [-0.25, -0.2) is 0 Å². The standard InChI is InChI=1S/C37H37NO/c1-28(39)38(33-20-12-5-13-21-33)37-24-34(29-14-6-2-7-15-29)30-22-35(26-37,31-16-8-3-9-17-31)25-36(23-30,27-37)32-18-10-4-11-19-32/h2-21,30,34H,22-27H2,1H3. The number of amides is 1. The fourth-order valence-corrected chi connectivity index (χ4v) is 9.40. The Kier molecular flexibility index (Phi) is 5.77. The lowest BCUT2D eigenvalue weighted by Gasteiger charge is -2.61. The summed E-state index contributed by atoms with van der Waals surface area (Å²) in [6.07, 6.45) is 6.51. The molecule has 4 aromatic carbocycles. The Morgan fingerprint density at radius 2 is 1.08 bits per heavy atom. The third-order valence-electron chi connectivity index (χ3n) is 10.3. The molecule has 2 heteroatoms. The van der Waals surface area contributed by atoms with Crippen LogP contribution < -0.4 is 4.90 Å². The molecule has 4 fully saturated rings. The van der Waals surface area contributed by atoms with E-state index in [4.69, 9.17) is 0 Å².